The van der Waals surface area contributed by atoms with Crippen LogP contribution in [0.5, 0.6) is 0 Å². The highest BCUT2D eigenvalue weighted by molar-refractivity contribution is 5.88. The van der Waals surface area contributed by atoms with Crippen LogP contribution in [0.3, 0.4) is 0 Å². The van der Waals surface area contributed by atoms with E-state index in [1.165, 1.54) is 6.92 Å². The van der Waals surface area contributed by atoms with Crippen molar-refractivity contribution < 1.29 is 4.79 Å². The summed E-state index contributed by atoms with van der Waals surface area (Å²) in [7, 11) is 0. The van der Waals surface area contributed by atoms with Crippen molar-refractivity contribution in [1.29, 1.82) is 5.26 Å². The van der Waals surface area contributed by atoms with Crippen molar-refractivity contribution in [3.05, 3.63) is 29.8 Å². The normalized spacial score (nSPS) is 11.6. The summed E-state index contributed by atoms with van der Waals surface area (Å²) in [6, 6.07) is 9.81. The smallest absolute Gasteiger partial charge is 0.221 e. The van der Waals surface area contributed by atoms with Gasteiger partial charge >= 0.3 is 0 Å². The first-order valence-corrected chi connectivity index (χ1v) is 5.58. The van der Waals surface area contributed by atoms with Crippen molar-refractivity contribution in [2.45, 2.75) is 20.4 Å². The molecule has 0 radical (unpaired) electrons. The Bertz CT molecular complexity index is 406. The number of rotatable bonds is 5. The third kappa shape index (κ3) is 5.14. The molecule has 0 aliphatic rings. The number of anilines is 1. The van der Waals surface area contributed by atoms with Crippen molar-refractivity contribution in [3.8, 4) is 6.07 Å². The predicted octanol–water partition coefficient (Wildman–Crippen LogP) is 1.89. The highest BCUT2D eigenvalue weighted by atomic mass is 16.1. The Morgan fingerprint density at radius 1 is 1.41 bits per heavy atom. The van der Waals surface area contributed by atoms with Gasteiger partial charge in [0.2, 0.25) is 5.91 Å². The fourth-order valence-corrected chi connectivity index (χ4v) is 1.39. The first-order valence-electron chi connectivity index (χ1n) is 5.58. The summed E-state index contributed by atoms with van der Waals surface area (Å²) in [5.41, 5.74) is 1.93. The quantitative estimate of drug-likeness (QED) is 0.813. The van der Waals surface area contributed by atoms with E-state index in [0.717, 1.165) is 17.8 Å². The Morgan fingerprint density at radius 3 is 2.59 bits per heavy atom. The molecule has 0 spiro atoms. The first kappa shape index (κ1) is 13.2. The molecule has 1 aromatic rings. The molecule has 1 atom stereocenters. The van der Waals surface area contributed by atoms with Gasteiger partial charge in [0.15, 0.2) is 0 Å². The Morgan fingerprint density at radius 2 is 2.06 bits per heavy atom. The highest BCUT2D eigenvalue weighted by Crippen LogP contribution is 2.09. The van der Waals surface area contributed by atoms with Crippen molar-refractivity contribution in [3.63, 3.8) is 0 Å². The van der Waals surface area contributed by atoms with E-state index < -0.39 is 0 Å². The molecule has 4 nitrogen and oxygen atoms in total. The lowest BCUT2D eigenvalue weighted by molar-refractivity contribution is -0.114. The van der Waals surface area contributed by atoms with E-state index in [-0.39, 0.29) is 11.8 Å². The molecule has 1 aromatic carbocycles. The monoisotopic (exact) mass is 231 g/mol. The van der Waals surface area contributed by atoms with Crippen LogP contribution >= 0.6 is 0 Å². The zero-order chi connectivity index (χ0) is 12.7. The van der Waals surface area contributed by atoms with E-state index in [2.05, 4.69) is 16.7 Å². The van der Waals surface area contributed by atoms with Crippen LogP contribution in [0.4, 0.5) is 5.69 Å². The van der Waals surface area contributed by atoms with Crippen LogP contribution in [0.25, 0.3) is 0 Å². The zero-order valence-electron chi connectivity index (χ0n) is 10.2. The van der Waals surface area contributed by atoms with Crippen LogP contribution in [0.1, 0.15) is 19.4 Å². The van der Waals surface area contributed by atoms with Crippen LogP contribution in [-0.4, -0.2) is 12.5 Å². The average Bonchev–Trinajstić information content (AvgIpc) is 2.30. The Balaban J connectivity index is 2.41. The molecule has 0 bridgehead atoms. The Labute approximate surface area is 102 Å². The minimum atomic E-state index is -0.0706. The van der Waals surface area contributed by atoms with Gasteiger partial charge < -0.3 is 10.6 Å². The van der Waals surface area contributed by atoms with Gasteiger partial charge in [-0.2, -0.15) is 5.26 Å². The molecule has 0 fully saturated rings. The van der Waals surface area contributed by atoms with Crippen LogP contribution < -0.4 is 10.6 Å². The number of hydrogen-bond acceptors (Lipinski definition) is 3. The molecular formula is C13H17N3O. The summed E-state index contributed by atoms with van der Waals surface area (Å²) < 4.78 is 0. The van der Waals surface area contributed by atoms with E-state index in [0.29, 0.717) is 6.54 Å². The van der Waals surface area contributed by atoms with Gasteiger partial charge in [-0.1, -0.05) is 12.1 Å². The average molecular weight is 231 g/mol. The zero-order valence-corrected chi connectivity index (χ0v) is 10.2. The summed E-state index contributed by atoms with van der Waals surface area (Å²) in [4.78, 5) is 10.8. The van der Waals surface area contributed by atoms with Crippen molar-refractivity contribution >= 4 is 11.6 Å². The molecule has 0 aliphatic heterocycles. The Hall–Kier alpha value is -1.86. The van der Waals surface area contributed by atoms with E-state index in [1.54, 1.807) is 0 Å². The van der Waals surface area contributed by atoms with Crippen molar-refractivity contribution in [2.24, 2.45) is 5.92 Å². The molecule has 0 heterocycles. The van der Waals surface area contributed by atoms with Gasteiger partial charge in [-0.25, -0.2) is 0 Å². The molecule has 0 saturated carbocycles. The fraction of sp³-hybridized carbons (Fsp3) is 0.385. The lowest BCUT2D eigenvalue weighted by Crippen LogP contribution is -2.19. The lowest BCUT2D eigenvalue weighted by atomic mass is 10.2. The van der Waals surface area contributed by atoms with Gasteiger partial charge in [-0.3, -0.25) is 4.79 Å². The van der Waals surface area contributed by atoms with Gasteiger partial charge in [0.1, 0.15) is 0 Å². The predicted molar refractivity (Wildman–Crippen MR) is 67.2 cm³/mol. The molecule has 0 aliphatic carbocycles. The number of carbonyl (C=O) groups excluding carboxylic acids is 1. The molecule has 0 saturated heterocycles. The second kappa shape index (κ2) is 6.66. The SMILES string of the molecule is CC(=O)Nc1ccc(CNCC(C)C#N)cc1. The Kier molecular flexibility index (Phi) is 5.18. The number of benzene rings is 1. The summed E-state index contributed by atoms with van der Waals surface area (Å²) in [5, 5.41) is 14.5. The van der Waals surface area contributed by atoms with Crippen LogP contribution in [-0.2, 0) is 11.3 Å². The van der Waals surface area contributed by atoms with Gasteiger partial charge in [0.05, 0.1) is 12.0 Å². The standard InChI is InChI=1S/C13H17N3O/c1-10(7-14)8-15-9-12-3-5-13(6-4-12)16-11(2)17/h3-6,10,15H,8-9H2,1-2H3,(H,16,17). The summed E-state index contributed by atoms with van der Waals surface area (Å²) in [6.45, 7) is 4.78. The van der Waals surface area contributed by atoms with E-state index in [1.807, 2.05) is 31.2 Å². The molecule has 1 amide bonds. The third-order valence-electron chi connectivity index (χ3n) is 2.27. The molecule has 90 valence electrons. The second-order valence-corrected chi connectivity index (χ2v) is 4.04. The first-order chi connectivity index (χ1) is 8.11. The maximum atomic E-state index is 10.8. The van der Waals surface area contributed by atoms with Crippen LogP contribution in [0.15, 0.2) is 24.3 Å². The molecule has 2 N–H and O–H groups in total. The summed E-state index contributed by atoms with van der Waals surface area (Å²) in [5.74, 6) is -0.0487. The molecule has 1 rings (SSSR count). The summed E-state index contributed by atoms with van der Waals surface area (Å²) in [6.07, 6.45) is 0. The number of hydrogen-bond donors (Lipinski definition) is 2. The highest BCUT2D eigenvalue weighted by Gasteiger charge is 1.99. The lowest BCUT2D eigenvalue weighted by Gasteiger charge is -2.07. The van der Waals surface area contributed by atoms with Gasteiger partial charge in [0, 0.05) is 25.7 Å². The van der Waals surface area contributed by atoms with Crippen molar-refractivity contribution in [1.82, 2.24) is 5.32 Å². The van der Waals surface area contributed by atoms with Gasteiger partial charge in [0.25, 0.3) is 0 Å². The minimum Gasteiger partial charge on any atom is -0.326 e. The number of nitriles is 1. The summed E-state index contributed by atoms with van der Waals surface area (Å²) >= 11 is 0. The maximum Gasteiger partial charge on any atom is 0.221 e. The molecule has 4 heteroatoms. The second-order valence-electron chi connectivity index (χ2n) is 4.04. The topological polar surface area (TPSA) is 64.9 Å². The molecule has 17 heavy (non-hydrogen) atoms. The number of amides is 1. The molecule has 1 unspecified atom stereocenters. The van der Waals surface area contributed by atoms with Gasteiger partial charge in [-0.15, -0.1) is 0 Å². The fourth-order valence-electron chi connectivity index (χ4n) is 1.39. The number of nitrogens with one attached hydrogen (secondary N) is 2. The van der Waals surface area contributed by atoms with Crippen molar-refractivity contribution in [2.75, 3.05) is 11.9 Å². The van der Waals surface area contributed by atoms with E-state index in [4.69, 9.17) is 5.26 Å². The molecular weight excluding hydrogens is 214 g/mol. The van der Waals surface area contributed by atoms with Gasteiger partial charge in [-0.05, 0) is 24.6 Å². The van der Waals surface area contributed by atoms with E-state index >= 15 is 0 Å². The number of carbonyl (C=O) groups is 1. The molecule has 0 aromatic heterocycles. The minimum absolute atomic E-state index is 0.0219. The maximum absolute atomic E-state index is 10.8. The largest absolute Gasteiger partial charge is 0.326 e. The number of nitrogens with zero attached hydrogens (tertiary/aromatic N) is 1. The van der Waals surface area contributed by atoms with E-state index in [9.17, 15) is 4.79 Å². The third-order valence-corrected chi connectivity index (χ3v) is 2.27. The van der Waals surface area contributed by atoms with Crippen LogP contribution in [0, 0.1) is 17.2 Å². The van der Waals surface area contributed by atoms with Crippen LogP contribution in [0.2, 0.25) is 0 Å².